The second kappa shape index (κ2) is 2.68. The normalized spacial score (nSPS) is 21.2. The largest absolute Gasteiger partial charge is 0.504 e. The topological polar surface area (TPSA) is 38.7 Å². The van der Waals surface area contributed by atoms with Gasteiger partial charge in [0.25, 0.3) is 0 Å². The number of phenolic OH excluding ortho intramolecular Hbond substituents is 1. The summed E-state index contributed by atoms with van der Waals surface area (Å²) in [5.74, 6) is 0.735. The van der Waals surface area contributed by atoms with Crippen molar-refractivity contribution >= 4 is 0 Å². The molecule has 0 spiro atoms. The van der Waals surface area contributed by atoms with E-state index in [-0.39, 0.29) is 12.0 Å². The Morgan fingerprint density at radius 3 is 3.17 bits per heavy atom. The van der Waals surface area contributed by atoms with Crippen LogP contribution in [0.5, 0.6) is 11.5 Å². The van der Waals surface area contributed by atoms with E-state index < -0.39 is 0 Å². The summed E-state index contributed by atoms with van der Waals surface area (Å²) in [5, 5.41) is 9.39. The molecule has 0 saturated heterocycles. The summed E-state index contributed by atoms with van der Waals surface area (Å²) in [6.45, 7) is 2.31. The third-order valence-corrected chi connectivity index (χ3v) is 1.83. The Bertz CT molecular complexity index is 296. The van der Waals surface area contributed by atoms with Crippen LogP contribution in [0.25, 0.3) is 0 Å². The van der Waals surface area contributed by atoms with Gasteiger partial charge >= 0.3 is 0 Å². The lowest BCUT2D eigenvalue weighted by atomic mass is 10.2. The lowest BCUT2D eigenvalue weighted by Gasteiger charge is -2.23. The molecule has 3 nitrogen and oxygen atoms in total. The Balaban J connectivity index is 2.43. The molecular weight excluding hydrogens is 156 g/mol. The highest BCUT2D eigenvalue weighted by atomic mass is 16.7. The van der Waals surface area contributed by atoms with E-state index in [0.29, 0.717) is 12.4 Å². The van der Waals surface area contributed by atoms with E-state index >= 15 is 0 Å². The molecule has 1 aromatic carbocycles. The number of phenols is 1. The lowest BCUT2D eigenvalue weighted by molar-refractivity contribution is -0.0955. The van der Waals surface area contributed by atoms with Crippen LogP contribution in [0, 0.1) is 0 Å². The second-order valence-electron chi connectivity index (χ2n) is 2.76. The van der Waals surface area contributed by atoms with Crippen molar-refractivity contribution in [2.24, 2.45) is 0 Å². The van der Waals surface area contributed by atoms with E-state index in [4.69, 9.17) is 9.47 Å². The highest BCUT2D eigenvalue weighted by Crippen LogP contribution is 2.34. The fourth-order valence-electron chi connectivity index (χ4n) is 1.23. The van der Waals surface area contributed by atoms with E-state index in [9.17, 15) is 5.11 Å². The quantitative estimate of drug-likeness (QED) is 0.636. The maximum Gasteiger partial charge on any atom is 0.197 e. The molecule has 1 atom stereocenters. The summed E-state index contributed by atoms with van der Waals surface area (Å²) >= 11 is 0. The minimum atomic E-state index is -0.272. The number of benzene rings is 1. The van der Waals surface area contributed by atoms with Gasteiger partial charge in [0, 0.05) is 5.56 Å². The maximum absolute atomic E-state index is 9.39. The van der Waals surface area contributed by atoms with Crippen LogP contribution in [0.4, 0.5) is 0 Å². The molecule has 1 unspecified atom stereocenters. The molecule has 1 aromatic rings. The average molecular weight is 166 g/mol. The molecule has 2 rings (SSSR count). The number of hydrogen-bond acceptors (Lipinski definition) is 3. The van der Waals surface area contributed by atoms with Gasteiger partial charge in [-0.3, -0.25) is 0 Å². The van der Waals surface area contributed by atoms with Crippen LogP contribution in [0.15, 0.2) is 18.2 Å². The average Bonchev–Trinajstić information content (AvgIpc) is 2.07. The third kappa shape index (κ3) is 1.12. The van der Waals surface area contributed by atoms with Crippen LogP contribution in [0.3, 0.4) is 0 Å². The van der Waals surface area contributed by atoms with E-state index in [1.807, 2.05) is 6.07 Å². The summed E-state index contributed by atoms with van der Waals surface area (Å²) in [4.78, 5) is 0. The van der Waals surface area contributed by atoms with Crippen LogP contribution in [0.1, 0.15) is 12.5 Å². The molecule has 64 valence electrons. The van der Waals surface area contributed by atoms with E-state index in [1.165, 1.54) is 0 Å². The molecule has 0 aliphatic carbocycles. The molecule has 0 saturated carbocycles. The number of aromatic hydroxyl groups is 1. The highest BCUT2D eigenvalue weighted by molar-refractivity contribution is 5.45. The standard InChI is InChI=1S/C9H10O3/c1-6-11-5-7-3-2-4-8(10)9(7)12-6/h2-4,6,10H,5H2,1H3. The zero-order valence-corrected chi connectivity index (χ0v) is 6.78. The first-order valence-electron chi connectivity index (χ1n) is 3.86. The molecule has 0 amide bonds. The summed E-state index contributed by atoms with van der Waals surface area (Å²) < 4.78 is 10.5. The molecule has 1 N–H and O–H groups in total. The van der Waals surface area contributed by atoms with Gasteiger partial charge < -0.3 is 14.6 Å². The minimum absolute atomic E-state index is 0.183. The van der Waals surface area contributed by atoms with Gasteiger partial charge in [0.15, 0.2) is 17.8 Å². The number of ether oxygens (including phenoxy) is 2. The molecule has 3 heteroatoms. The lowest BCUT2D eigenvalue weighted by Crippen LogP contribution is -2.21. The van der Waals surface area contributed by atoms with Crippen LogP contribution in [0.2, 0.25) is 0 Å². The molecule has 0 radical (unpaired) electrons. The number of hydrogen-bond donors (Lipinski definition) is 1. The first-order chi connectivity index (χ1) is 5.77. The fraction of sp³-hybridized carbons (Fsp3) is 0.333. The molecule has 1 aliphatic heterocycles. The Kier molecular flexibility index (Phi) is 1.66. The smallest absolute Gasteiger partial charge is 0.197 e. The Morgan fingerprint density at radius 2 is 2.33 bits per heavy atom. The van der Waals surface area contributed by atoms with Gasteiger partial charge in [-0.15, -0.1) is 0 Å². The van der Waals surface area contributed by atoms with Crippen LogP contribution in [-0.4, -0.2) is 11.4 Å². The summed E-state index contributed by atoms with van der Waals surface area (Å²) in [5.41, 5.74) is 0.896. The fourth-order valence-corrected chi connectivity index (χ4v) is 1.23. The Labute approximate surface area is 70.5 Å². The number of para-hydroxylation sites is 1. The molecule has 0 bridgehead atoms. The van der Waals surface area contributed by atoms with Gasteiger partial charge in [-0.05, 0) is 13.0 Å². The zero-order chi connectivity index (χ0) is 8.55. The van der Waals surface area contributed by atoms with Crippen molar-refractivity contribution < 1.29 is 14.6 Å². The predicted octanol–water partition coefficient (Wildman–Crippen LogP) is 1.65. The van der Waals surface area contributed by atoms with Crippen molar-refractivity contribution in [1.29, 1.82) is 0 Å². The minimum Gasteiger partial charge on any atom is -0.504 e. The molecule has 12 heavy (non-hydrogen) atoms. The highest BCUT2D eigenvalue weighted by Gasteiger charge is 2.18. The zero-order valence-electron chi connectivity index (χ0n) is 6.78. The molecule has 1 heterocycles. The molecule has 1 aliphatic rings. The first-order valence-corrected chi connectivity index (χ1v) is 3.86. The van der Waals surface area contributed by atoms with Crippen molar-refractivity contribution in [2.75, 3.05) is 0 Å². The van der Waals surface area contributed by atoms with Gasteiger partial charge in [-0.1, -0.05) is 12.1 Å². The van der Waals surface area contributed by atoms with Gasteiger partial charge in [-0.2, -0.15) is 0 Å². The SMILES string of the molecule is CC1OCc2cccc(O)c2O1. The predicted molar refractivity (Wildman–Crippen MR) is 43.0 cm³/mol. The van der Waals surface area contributed by atoms with Crippen molar-refractivity contribution in [3.63, 3.8) is 0 Å². The summed E-state index contributed by atoms with van der Waals surface area (Å²) in [6, 6.07) is 5.26. The number of fused-ring (bicyclic) bond motifs is 1. The molecular formula is C9H10O3. The first kappa shape index (κ1) is 7.43. The van der Waals surface area contributed by atoms with Crippen molar-refractivity contribution in [2.45, 2.75) is 19.8 Å². The Hall–Kier alpha value is -1.22. The molecule has 0 aromatic heterocycles. The van der Waals surface area contributed by atoms with Crippen molar-refractivity contribution in [3.8, 4) is 11.5 Å². The molecule has 0 fully saturated rings. The summed E-state index contributed by atoms with van der Waals surface area (Å²) in [7, 11) is 0. The van der Waals surface area contributed by atoms with Gasteiger partial charge in [0.2, 0.25) is 0 Å². The van der Waals surface area contributed by atoms with Crippen LogP contribution in [-0.2, 0) is 11.3 Å². The maximum atomic E-state index is 9.39. The number of rotatable bonds is 0. The van der Waals surface area contributed by atoms with Gasteiger partial charge in [0.05, 0.1) is 6.61 Å². The summed E-state index contributed by atoms with van der Waals surface area (Å²) in [6.07, 6.45) is -0.272. The van der Waals surface area contributed by atoms with E-state index in [2.05, 4.69) is 0 Å². The van der Waals surface area contributed by atoms with Crippen molar-refractivity contribution in [3.05, 3.63) is 23.8 Å². The van der Waals surface area contributed by atoms with Crippen molar-refractivity contribution in [1.82, 2.24) is 0 Å². The van der Waals surface area contributed by atoms with Gasteiger partial charge in [0.1, 0.15) is 0 Å². The van der Waals surface area contributed by atoms with Gasteiger partial charge in [-0.25, -0.2) is 0 Å². The van der Waals surface area contributed by atoms with E-state index in [1.54, 1.807) is 19.1 Å². The van der Waals surface area contributed by atoms with Crippen LogP contribution >= 0.6 is 0 Å². The third-order valence-electron chi connectivity index (χ3n) is 1.83. The van der Waals surface area contributed by atoms with Crippen LogP contribution < -0.4 is 4.74 Å². The second-order valence-corrected chi connectivity index (χ2v) is 2.76. The van der Waals surface area contributed by atoms with E-state index in [0.717, 1.165) is 5.56 Å². The monoisotopic (exact) mass is 166 g/mol. The Morgan fingerprint density at radius 1 is 1.50 bits per heavy atom.